The fourth-order valence-corrected chi connectivity index (χ4v) is 4.22. The molecule has 1 aliphatic rings. The van der Waals surface area contributed by atoms with E-state index in [9.17, 15) is 0 Å². The highest BCUT2D eigenvalue weighted by Crippen LogP contribution is 2.22. The van der Waals surface area contributed by atoms with Crippen molar-refractivity contribution in [3.63, 3.8) is 0 Å². The minimum Gasteiger partial charge on any atom is -0.376 e. The third-order valence-electron chi connectivity index (χ3n) is 4.47. The molecule has 0 amide bonds. The van der Waals surface area contributed by atoms with Crippen LogP contribution in [0.1, 0.15) is 18.4 Å². The van der Waals surface area contributed by atoms with E-state index in [1.807, 2.05) is 47.3 Å². The van der Waals surface area contributed by atoms with Gasteiger partial charge in [-0.2, -0.15) is 5.10 Å². The first-order valence-corrected chi connectivity index (χ1v) is 11.1. The molecule has 4 nitrogen and oxygen atoms in total. The molecule has 1 unspecified atom stereocenters. The number of hydrogen-bond acceptors (Lipinski definition) is 4. The van der Waals surface area contributed by atoms with Gasteiger partial charge in [-0.3, -0.25) is 4.99 Å². The minimum atomic E-state index is 0.215. The summed E-state index contributed by atoms with van der Waals surface area (Å²) in [5, 5.41) is 7.53. The van der Waals surface area contributed by atoms with Gasteiger partial charge in [0.25, 0.3) is 0 Å². The Labute approximate surface area is 181 Å². The van der Waals surface area contributed by atoms with Gasteiger partial charge in [0.2, 0.25) is 4.80 Å². The minimum absolute atomic E-state index is 0.215. The second kappa shape index (κ2) is 9.18. The van der Waals surface area contributed by atoms with E-state index in [0.29, 0.717) is 11.6 Å². The van der Waals surface area contributed by atoms with E-state index in [1.165, 1.54) is 0 Å². The summed E-state index contributed by atoms with van der Waals surface area (Å²) in [4.78, 5) is 5.65. The zero-order valence-corrected chi connectivity index (χ0v) is 18.3. The van der Waals surface area contributed by atoms with Gasteiger partial charge in [0.15, 0.2) is 0 Å². The Balaban J connectivity index is 1.70. The first-order valence-electron chi connectivity index (χ1n) is 9.07. The first-order chi connectivity index (χ1) is 13.7. The molecule has 0 radical (unpaired) electrons. The lowest BCUT2D eigenvalue weighted by Gasteiger charge is -2.06. The summed E-state index contributed by atoms with van der Waals surface area (Å²) in [6.07, 6.45) is 4.23. The van der Waals surface area contributed by atoms with E-state index in [1.54, 1.807) is 11.3 Å². The van der Waals surface area contributed by atoms with Crippen LogP contribution in [-0.4, -0.2) is 30.1 Å². The van der Waals surface area contributed by atoms with Crippen LogP contribution in [0, 0.1) is 0 Å². The lowest BCUT2D eigenvalue weighted by Crippen LogP contribution is -2.17. The number of aromatic nitrogens is 1. The maximum Gasteiger partial charge on any atom is 0.206 e. The van der Waals surface area contributed by atoms with E-state index >= 15 is 0 Å². The van der Waals surface area contributed by atoms with E-state index in [-0.39, 0.29) is 6.10 Å². The molecular formula is C21H19BrClN3OS. The Morgan fingerprint density at radius 1 is 1.18 bits per heavy atom. The van der Waals surface area contributed by atoms with Crippen LogP contribution in [0.25, 0.3) is 11.3 Å². The van der Waals surface area contributed by atoms with Crippen molar-refractivity contribution in [2.75, 3.05) is 13.2 Å². The molecule has 1 fully saturated rings. The van der Waals surface area contributed by atoms with E-state index in [0.717, 1.165) is 45.5 Å². The quantitative estimate of drug-likeness (QED) is 0.442. The fraction of sp³-hybridized carbons (Fsp3) is 0.238. The molecule has 4 rings (SSSR count). The van der Waals surface area contributed by atoms with Gasteiger partial charge < -0.3 is 4.74 Å². The summed E-state index contributed by atoms with van der Waals surface area (Å²) in [6.45, 7) is 1.50. The van der Waals surface area contributed by atoms with Crippen LogP contribution in [0.15, 0.2) is 68.5 Å². The summed E-state index contributed by atoms with van der Waals surface area (Å²) in [5.74, 6) is 0. The SMILES string of the molecule is Clc1ccc(C=Nn2c(-c3ccc(Br)cc3)csc2=NCC2CCCO2)cc1. The molecule has 1 aliphatic heterocycles. The lowest BCUT2D eigenvalue weighted by molar-refractivity contribution is 0.117. The average molecular weight is 477 g/mol. The molecule has 0 aliphatic carbocycles. The predicted octanol–water partition coefficient (Wildman–Crippen LogP) is 5.59. The zero-order valence-electron chi connectivity index (χ0n) is 15.1. The largest absolute Gasteiger partial charge is 0.376 e. The normalized spacial score (nSPS) is 17.6. The number of ether oxygens (including phenoxy) is 1. The van der Waals surface area contributed by atoms with Crippen molar-refractivity contribution in [3.8, 4) is 11.3 Å². The Morgan fingerprint density at radius 3 is 2.68 bits per heavy atom. The summed E-state index contributed by atoms with van der Waals surface area (Å²) < 4.78 is 8.65. The average Bonchev–Trinajstić information content (AvgIpc) is 3.36. The highest BCUT2D eigenvalue weighted by Gasteiger charge is 2.15. The number of thiazole rings is 1. The van der Waals surface area contributed by atoms with E-state index < -0.39 is 0 Å². The van der Waals surface area contributed by atoms with Crippen LogP contribution in [0.5, 0.6) is 0 Å². The van der Waals surface area contributed by atoms with Crippen LogP contribution < -0.4 is 4.80 Å². The molecule has 1 saturated heterocycles. The summed E-state index contributed by atoms with van der Waals surface area (Å²) in [5.41, 5.74) is 3.08. The standard InChI is InChI=1S/C21H19BrClN3OS/c22-17-7-5-16(6-8-17)20-14-28-21(24-13-19-2-1-11-27-19)26(20)25-12-15-3-9-18(23)10-4-15/h3-10,12,14,19H,1-2,11,13H2. The summed E-state index contributed by atoms with van der Waals surface area (Å²) in [7, 11) is 0. The molecule has 0 bridgehead atoms. The molecule has 144 valence electrons. The Hall–Kier alpha value is -1.73. The molecular weight excluding hydrogens is 458 g/mol. The van der Waals surface area contributed by atoms with Gasteiger partial charge in [-0.15, -0.1) is 11.3 Å². The molecule has 0 spiro atoms. The number of halogens is 2. The van der Waals surface area contributed by atoms with Crippen molar-refractivity contribution in [3.05, 3.63) is 73.8 Å². The number of hydrogen-bond donors (Lipinski definition) is 0. The zero-order chi connectivity index (χ0) is 19.3. The van der Waals surface area contributed by atoms with E-state index in [2.05, 4.69) is 33.4 Å². The van der Waals surface area contributed by atoms with Crippen molar-refractivity contribution >= 4 is 45.1 Å². The predicted molar refractivity (Wildman–Crippen MR) is 119 cm³/mol. The van der Waals surface area contributed by atoms with Crippen molar-refractivity contribution in [1.29, 1.82) is 0 Å². The molecule has 28 heavy (non-hydrogen) atoms. The van der Waals surface area contributed by atoms with Crippen molar-refractivity contribution in [1.82, 2.24) is 4.68 Å². The van der Waals surface area contributed by atoms with Gasteiger partial charge in [-0.1, -0.05) is 51.8 Å². The highest BCUT2D eigenvalue weighted by molar-refractivity contribution is 9.10. The fourth-order valence-electron chi connectivity index (χ4n) is 2.98. The van der Waals surface area contributed by atoms with Gasteiger partial charge in [0.1, 0.15) is 0 Å². The number of benzene rings is 2. The van der Waals surface area contributed by atoms with Crippen LogP contribution in [0.3, 0.4) is 0 Å². The van der Waals surface area contributed by atoms with Gasteiger partial charge in [0, 0.05) is 27.0 Å². The Kier molecular flexibility index (Phi) is 6.42. The van der Waals surface area contributed by atoms with Gasteiger partial charge in [-0.05, 0) is 42.7 Å². The molecule has 7 heteroatoms. The van der Waals surface area contributed by atoms with Crippen LogP contribution in [-0.2, 0) is 4.74 Å². The van der Waals surface area contributed by atoms with E-state index in [4.69, 9.17) is 26.4 Å². The molecule has 1 atom stereocenters. The summed E-state index contributed by atoms with van der Waals surface area (Å²) >= 11 is 11.1. The maximum atomic E-state index is 5.98. The molecule has 0 saturated carbocycles. The van der Waals surface area contributed by atoms with Crippen molar-refractivity contribution < 1.29 is 4.74 Å². The van der Waals surface area contributed by atoms with Gasteiger partial charge in [0.05, 0.1) is 24.6 Å². The molecule has 0 N–H and O–H groups in total. The second-order valence-corrected chi connectivity index (χ2v) is 8.68. The molecule has 2 heterocycles. The van der Waals surface area contributed by atoms with Crippen LogP contribution in [0.4, 0.5) is 0 Å². The first kappa shape index (κ1) is 19.6. The van der Waals surface area contributed by atoms with Gasteiger partial charge >= 0.3 is 0 Å². The summed E-state index contributed by atoms with van der Waals surface area (Å²) in [6, 6.07) is 15.8. The highest BCUT2D eigenvalue weighted by atomic mass is 79.9. The van der Waals surface area contributed by atoms with Crippen molar-refractivity contribution in [2.45, 2.75) is 18.9 Å². The van der Waals surface area contributed by atoms with Gasteiger partial charge in [-0.25, -0.2) is 4.68 Å². The number of rotatable bonds is 5. The second-order valence-electron chi connectivity index (χ2n) is 6.49. The third kappa shape index (κ3) is 4.81. The third-order valence-corrected chi connectivity index (χ3v) is 6.11. The lowest BCUT2D eigenvalue weighted by atomic mass is 10.2. The van der Waals surface area contributed by atoms with Crippen LogP contribution in [0.2, 0.25) is 5.02 Å². The topological polar surface area (TPSA) is 38.9 Å². The molecule has 1 aromatic heterocycles. The molecule has 2 aromatic carbocycles. The molecule has 3 aromatic rings. The van der Waals surface area contributed by atoms with Crippen LogP contribution >= 0.6 is 38.9 Å². The monoisotopic (exact) mass is 475 g/mol. The maximum absolute atomic E-state index is 5.98. The Bertz CT molecular complexity index is 1020. The number of nitrogens with zero attached hydrogens (tertiary/aromatic N) is 3. The van der Waals surface area contributed by atoms with Crippen molar-refractivity contribution in [2.24, 2.45) is 10.1 Å². The smallest absolute Gasteiger partial charge is 0.206 e. The Morgan fingerprint density at radius 2 is 1.96 bits per heavy atom.